The molecule has 1 saturated carbocycles. The Kier molecular flexibility index (Phi) is 5.81. The molecule has 2 heterocycles. The summed E-state index contributed by atoms with van der Waals surface area (Å²) in [5.74, 6) is 0.262. The van der Waals surface area contributed by atoms with E-state index in [0.717, 1.165) is 24.1 Å². The molecule has 0 radical (unpaired) electrons. The Bertz CT molecular complexity index is 1360. The van der Waals surface area contributed by atoms with Gasteiger partial charge in [0.1, 0.15) is 5.75 Å². The number of nitrogens with zero attached hydrogens (tertiary/aromatic N) is 1. The van der Waals surface area contributed by atoms with Crippen molar-refractivity contribution >= 4 is 26.8 Å². The van der Waals surface area contributed by atoms with E-state index in [1.54, 1.807) is 24.3 Å². The number of benzene rings is 2. The number of sulfonamides is 1. The zero-order valence-corrected chi connectivity index (χ0v) is 20.2. The Labute approximate surface area is 199 Å². The van der Waals surface area contributed by atoms with Crippen molar-refractivity contribution in [2.75, 3.05) is 13.2 Å². The molecule has 34 heavy (non-hydrogen) atoms. The molecule has 2 aromatic carbocycles. The molecular formula is C26H28N2O5S. The summed E-state index contributed by atoms with van der Waals surface area (Å²) in [7, 11) is -4.18. The first kappa shape index (κ1) is 22.8. The topological polar surface area (TPSA) is 94.6 Å². The summed E-state index contributed by atoms with van der Waals surface area (Å²) in [5, 5.41) is 0.485. The Morgan fingerprint density at radius 3 is 2.74 bits per heavy atom. The third-order valence-electron chi connectivity index (χ3n) is 6.48. The van der Waals surface area contributed by atoms with E-state index in [4.69, 9.17) is 9.47 Å². The Hall–Kier alpha value is -2.97. The average Bonchev–Trinajstić information content (AvgIpc) is 3.55. The van der Waals surface area contributed by atoms with E-state index in [0.29, 0.717) is 54.2 Å². The van der Waals surface area contributed by atoms with Crippen LogP contribution in [0.1, 0.15) is 55.3 Å². The first-order valence-corrected chi connectivity index (χ1v) is 13.2. The molecule has 2 fully saturated rings. The van der Waals surface area contributed by atoms with Crippen molar-refractivity contribution in [1.29, 1.82) is 0 Å². The number of hydrogen-bond donors (Lipinski definition) is 1. The van der Waals surface area contributed by atoms with Crippen LogP contribution in [0.3, 0.4) is 0 Å². The van der Waals surface area contributed by atoms with E-state index in [2.05, 4.69) is 9.71 Å². The second-order valence-electron chi connectivity index (χ2n) is 8.98. The van der Waals surface area contributed by atoms with Gasteiger partial charge in [0.2, 0.25) is 0 Å². The van der Waals surface area contributed by atoms with Crippen molar-refractivity contribution in [3.05, 3.63) is 65.4 Å². The summed E-state index contributed by atoms with van der Waals surface area (Å²) in [6, 6.07) is 14.1. The molecule has 1 unspecified atom stereocenters. The molecule has 5 rings (SSSR count). The van der Waals surface area contributed by atoms with Gasteiger partial charge in [-0.1, -0.05) is 17.7 Å². The maximum Gasteiger partial charge on any atom is 0.270 e. The molecule has 3 aromatic rings. The number of ether oxygens (including phenoxy) is 2. The van der Waals surface area contributed by atoms with Gasteiger partial charge in [0.05, 0.1) is 17.0 Å². The van der Waals surface area contributed by atoms with Gasteiger partial charge in [0.25, 0.3) is 15.9 Å². The van der Waals surface area contributed by atoms with Gasteiger partial charge < -0.3 is 9.47 Å². The van der Waals surface area contributed by atoms with E-state index in [-0.39, 0.29) is 4.90 Å². The highest BCUT2D eigenvalue weighted by Crippen LogP contribution is 2.42. The summed E-state index contributed by atoms with van der Waals surface area (Å²) >= 11 is 0. The molecule has 1 aromatic heterocycles. The molecule has 1 atom stereocenters. The normalized spacial score (nSPS) is 20.4. The Balaban J connectivity index is 1.52. The lowest BCUT2D eigenvalue weighted by Gasteiger charge is -2.29. The number of hydrogen-bond acceptors (Lipinski definition) is 6. The summed E-state index contributed by atoms with van der Waals surface area (Å²) < 4.78 is 41.0. The molecule has 7 nitrogen and oxygen atoms in total. The molecule has 0 bridgehead atoms. The zero-order chi connectivity index (χ0) is 23.9. The van der Waals surface area contributed by atoms with Gasteiger partial charge in [0, 0.05) is 29.2 Å². The lowest BCUT2D eigenvalue weighted by molar-refractivity contribution is -0.140. The smallest absolute Gasteiger partial charge is 0.270 e. The second-order valence-corrected chi connectivity index (χ2v) is 10.6. The van der Waals surface area contributed by atoms with Crippen LogP contribution in [0.5, 0.6) is 5.75 Å². The van der Waals surface area contributed by atoms with Gasteiger partial charge in [-0.2, -0.15) is 0 Å². The van der Waals surface area contributed by atoms with Crippen LogP contribution in [0.4, 0.5) is 0 Å². The summed E-state index contributed by atoms with van der Waals surface area (Å²) in [6.07, 6.45) is 3.21. The number of carbonyl (C=O) groups is 1. The molecule has 1 aliphatic heterocycles. The summed E-state index contributed by atoms with van der Waals surface area (Å²) in [4.78, 5) is 18.3. The quantitative estimate of drug-likeness (QED) is 0.541. The predicted molar refractivity (Wildman–Crippen MR) is 128 cm³/mol. The largest absolute Gasteiger partial charge is 0.493 e. The first-order chi connectivity index (χ1) is 16.3. The third-order valence-corrected chi connectivity index (χ3v) is 7.87. The summed E-state index contributed by atoms with van der Waals surface area (Å²) in [5.41, 5.74) is 1.62. The number of fused-ring (bicyclic) bond motifs is 1. The molecule has 1 saturated heterocycles. The standard InChI is InChI=1S/C26H28N2O5S/c1-3-32-23-13-8-17(2)16-20(23)26(14-5-15-33-26)25(29)28-34(30,31)24-7-4-6-22-19(24)11-12-21(27-22)18-9-10-18/h4,6-8,11-13,16,18H,3,5,9-10,14-15H2,1-2H3,(H,28,29). The van der Waals surface area contributed by atoms with E-state index in [9.17, 15) is 13.2 Å². The number of pyridine rings is 1. The van der Waals surface area contributed by atoms with E-state index < -0.39 is 21.5 Å². The number of nitrogens with one attached hydrogen (secondary N) is 1. The average molecular weight is 481 g/mol. The highest BCUT2D eigenvalue weighted by atomic mass is 32.2. The minimum atomic E-state index is -4.18. The highest BCUT2D eigenvalue weighted by Gasteiger charge is 2.48. The van der Waals surface area contributed by atoms with E-state index >= 15 is 0 Å². The lowest BCUT2D eigenvalue weighted by Crippen LogP contribution is -2.46. The van der Waals surface area contributed by atoms with E-state index in [1.807, 2.05) is 32.0 Å². The van der Waals surface area contributed by atoms with Crippen LogP contribution in [-0.2, 0) is 25.2 Å². The SMILES string of the molecule is CCOc1ccc(C)cc1C1(C(=O)NS(=O)(=O)c2cccc3nc(C4CC4)ccc23)CCCO1. The molecule has 1 N–H and O–H groups in total. The number of amides is 1. The molecule has 0 spiro atoms. The second kappa shape index (κ2) is 8.67. The van der Waals surface area contributed by atoms with Gasteiger partial charge in [0.15, 0.2) is 5.60 Å². The van der Waals surface area contributed by atoms with Crippen molar-refractivity contribution in [2.45, 2.75) is 55.9 Å². The van der Waals surface area contributed by atoms with Crippen LogP contribution in [0.2, 0.25) is 0 Å². The van der Waals surface area contributed by atoms with Crippen molar-refractivity contribution in [3.63, 3.8) is 0 Å². The lowest BCUT2D eigenvalue weighted by atomic mass is 9.88. The highest BCUT2D eigenvalue weighted by molar-refractivity contribution is 7.90. The maximum atomic E-state index is 13.6. The molecule has 178 valence electrons. The fourth-order valence-corrected chi connectivity index (χ4v) is 5.88. The number of aryl methyl sites for hydroxylation is 1. The molecule has 2 aliphatic rings. The van der Waals surface area contributed by atoms with Gasteiger partial charge in [-0.25, -0.2) is 13.1 Å². The molecule has 1 aliphatic carbocycles. The van der Waals surface area contributed by atoms with Crippen molar-refractivity contribution in [2.24, 2.45) is 0 Å². The number of aromatic nitrogens is 1. The van der Waals surface area contributed by atoms with Gasteiger partial charge in [-0.15, -0.1) is 0 Å². The monoisotopic (exact) mass is 480 g/mol. The van der Waals surface area contributed by atoms with Gasteiger partial charge in [-0.05, 0) is 75.9 Å². The first-order valence-electron chi connectivity index (χ1n) is 11.7. The minimum absolute atomic E-state index is 0.0237. The number of carbonyl (C=O) groups excluding carboxylic acids is 1. The Morgan fingerprint density at radius 2 is 2.03 bits per heavy atom. The van der Waals surface area contributed by atoms with Crippen LogP contribution >= 0.6 is 0 Å². The molecular weight excluding hydrogens is 452 g/mol. The van der Waals surface area contributed by atoms with Crippen molar-refractivity contribution in [1.82, 2.24) is 9.71 Å². The van der Waals surface area contributed by atoms with Crippen LogP contribution in [0.25, 0.3) is 10.9 Å². The molecule has 8 heteroatoms. The zero-order valence-electron chi connectivity index (χ0n) is 19.3. The molecule has 1 amide bonds. The van der Waals surface area contributed by atoms with E-state index in [1.165, 1.54) is 6.07 Å². The summed E-state index contributed by atoms with van der Waals surface area (Å²) in [6.45, 7) is 4.54. The van der Waals surface area contributed by atoms with Crippen LogP contribution < -0.4 is 9.46 Å². The Morgan fingerprint density at radius 1 is 1.21 bits per heavy atom. The fraction of sp³-hybridized carbons (Fsp3) is 0.385. The van der Waals surface area contributed by atoms with Crippen LogP contribution in [0, 0.1) is 6.92 Å². The number of rotatable bonds is 7. The van der Waals surface area contributed by atoms with Crippen LogP contribution in [-0.4, -0.2) is 32.5 Å². The van der Waals surface area contributed by atoms with Crippen molar-refractivity contribution < 1.29 is 22.7 Å². The fourth-order valence-electron chi connectivity index (χ4n) is 4.64. The van der Waals surface area contributed by atoms with Gasteiger partial charge in [-0.3, -0.25) is 9.78 Å². The predicted octanol–water partition coefficient (Wildman–Crippen LogP) is 4.33. The van der Waals surface area contributed by atoms with Gasteiger partial charge >= 0.3 is 0 Å². The third kappa shape index (κ3) is 4.05. The maximum absolute atomic E-state index is 13.6. The minimum Gasteiger partial charge on any atom is -0.493 e. The van der Waals surface area contributed by atoms with Crippen molar-refractivity contribution in [3.8, 4) is 5.75 Å². The van der Waals surface area contributed by atoms with Crippen LogP contribution in [0.15, 0.2) is 53.4 Å².